The van der Waals surface area contributed by atoms with E-state index in [1.165, 1.54) is 12.1 Å². The zero-order chi connectivity index (χ0) is 13.7. The second kappa shape index (κ2) is 5.62. The van der Waals surface area contributed by atoms with E-state index in [-0.39, 0.29) is 11.3 Å². The predicted molar refractivity (Wildman–Crippen MR) is 63.0 cm³/mol. The first kappa shape index (κ1) is 13.4. The first-order valence-electron chi connectivity index (χ1n) is 4.93. The van der Waals surface area contributed by atoms with Crippen LogP contribution in [0.2, 0.25) is 0 Å². The highest BCUT2D eigenvalue weighted by atomic mass is 16.6. The summed E-state index contributed by atoms with van der Waals surface area (Å²) in [7, 11) is 0. The van der Waals surface area contributed by atoms with Crippen molar-refractivity contribution >= 4 is 23.5 Å². The van der Waals surface area contributed by atoms with Crippen LogP contribution in [0.3, 0.4) is 0 Å². The summed E-state index contributed by atoms with van der Waals surface area (Å²) in [5, 5.41) is 12.0. The van der Waals surface area contributed by atoms with Crippen LogP contribution in [-0.4, -0.2) is 23.0 Å². The Labute approximate surface area is 103 Å². The van der Waals surface area contributed by atoms with E-state index < -0.39 is 23.6 Å². The molecule has 0 aliphatic rings. The number of amides is 1. The summed E-state index contributed by atoms with van der Waals surface area (Å²) < 4.78 is 4.32. The van der Waals surface area contributed by atoms with Crippen LogP contribution in [0, 0.1) is 0 Å². The van der Waals surface area contributed by atoms with Gasteiger partial charge in [-0.3, -0.25) is 9.59 Å². The van der Waals surface area contributed by atoms with Crippen LogP contribution in [0.15, 0.2) is 30.9 Å². The normalized spacial score (nSPS) is 9.39. The summed E-state index contributed by atoms with van der Waals surface area (Å²) in [5.41, 5.74) is 0.124. The van der Waals surface area contributed by atoms with Gasteiger partial charge in [-0.05, 0) is 18.2 Å². The number of esters is 2. The van der Waals surface area contributed by atoms with Crippen LogP contribution < -0.4 is 5.32 Å². The predicted octanol–water partition coefficient (Wildman–Crippen LogP) is 1.22. The number of nitrogens with one attached hydrogen (secondary N) is 1. The zero-order valence-electron chi connectivity index (χ0n) is 9.60. The molecule has 1 amide bonds. The molecule has 0 aliphatic carbocycles. The Hall–Kier alpha value is -2.63. The third-order valence-electron chi connectivity index (χ3n) is 1.91. The number of hydrogen-bond acceptors (Lipinski definition) is 5. The Morgan fingerprint density at radius 3 is 2.56 bits per heavy atom. The molecule has 2 N–H and O–H groups in total. The fraction of sp³-hybridized carbons (Fsp3) is 0.0833. The van der Waals surface area contributed by atoms with Gasteiger partial charge in [0, 0.05) is 18.7 Å². The monoisotopic (exact) mass is 249 g/mol. The molecule has 0 aromatic heterocycles. The van der Waals surface area contributed by atoms with E-state index in [9.17, 15) is 19.5 Å². The molecule has 0 radical (unpaired) electrons. The Balaban J connectivity index is 2.92. The van der Waals surface area contributed by atoms with Crippen LogP contribution in [0.4, 0.5) is 5.69 Å². The lowest BCUT2D eigenvalue weighted by atomic mass is 10.2. The molecule has 0 heterocycles. The largest absolute Gasteiger partial charge is 0.507 e. The van der Waals surface area contributed by atoms with Crippen molar-refractivity contribution in [2.24, 2.45) is 0 Å². The van der Waals surface area contributed by atoms with Gasteiger partial charge >= 0.3 is 11.9 Å². The fourth-order valence-corrected chi connectivity index (χ4v) is 1.16. The minimum absolute atomic E-state index is 0.165. The maximum Gasteiger partial charge on any atom is 0.349 e. The Kier molecular flexibility index (Phi) is 4.20. The number of phenols is 1. The lowest BCUT2D eigenvalue weighted by Crippen LogP contribution is -2.10. The number of ether oxygens (including phenoxy) is 1. The van der Waals surface area contributed by atoms with Crippen molar-refractivity contribution in [1.82, 2.24) is 0 Å². The molecule has 94 valence electrons. The van der Waals surface area contributed by atoms with Gasteiger partial charge in [0.2, 0.25) is 5.91 Å². The smallest absolute Gasteiger partial charge is 0.349 e. The van der Waals surface area contributed by atoms with Gasteiger partial charge in [-0.15, -0.1) is 0 Å². The molecule has 0 atom stereocenters. The van der Waals surface area contributed by atoms with Crippen LogP contribution >= 0.6 is 0 Å². The van der Waals surface area contributed by atoms with Gasteiger partial charge in [0.05, 0.1) is 0 Å². The number of carbonyl (C=O) groups excluding carboxylic acids is 3. The summed E-state index contributed by atoms with van der Waals surface area (Å²) in [6.45, 7) is 4.35. The average molecular weight is 249 g/mol. The van der Waals surface area contributed by atoms with Crippen LogP contribution in [0.5, 0.6) is 5.75 Å². The van der Waals surface area contributed by atoms with Crippen molar-refractivity contribution in [3.8, 4) is 5.75 Å². The fourth-order valence-electron chi connectivity index (χ4n) is 1.16. The maximum absolute atomic E-state index is 11.4. The Morgan fingerprint density at radius 2 is 2.06 bits per heavy atom. The molecule has 0 fully saturated rings. The summed E-state index contributed by atoms with van der Waals surface area (Å²) in [4.78, 5) is 33.0. The van der Waals surface area contributed by atoms with Gasteiger partial charge < -0.3 is 15.2 Å². The van der Waals surface area contributed by atoms with Gasteiger partial charge in [-0.25, -0.2) is 4.79 Å². The van der Waals surface area contributed by atoms with Crippen molar-refractivity contribution in [3.05, 3.63) is 36.4 Å². The standard InChI is InChI=1S/C12H11NO5/c1-3-11(16)13-8-4-5-9(10(15)6-8)12(17)18-7(2)14/h3-6,15H,1H2,2H3,(H,13,16). The molecule has 0 aliphatic heterocycles. The molecule has 0 bridgehead atoms. The molecule has 0 saturated heterocycles. The van der Waals surface area contributed by atoms with Crippen molar-refractivity contribution in [1.29, 1.82) is 0 Å². The summed E-state index contributed by atoms with van der Waals surface area (Å²) in [6, 6.07) is 3.79. The average Bonchev–Trinajstić information content (AvgIpc) is 2.27. The number of aromatic hydroxyl groups is 1. The summed E-state index contributed by atoms with van der Waals surface area (Å²) in [6.07, 6.45) is 1.06. The molecule has 1 rings (SSSR count). The van der Waals surface area contributed by atoms with Crippen molar-refractivity contribution < 1.29 is 24.2 Å². The van der Waals surface area contributed by atoms with E-state index in [0.29, 0.717) is 0 Å². The van der Waals surface area contributed by atoms with E-state index in [0.717, 1.165) is 19.1 Å². The second-order valence-corrected chi connectivity index (χ2v) is 3.31. The molecule has 1 aromatic rings. The highest BCUT2D eigenvalue weighted by Crippen LogP contribution is 2.22. The summed E-state index contributed by atoms with van der Waals surface area (Å²) in [5.74, 6) is -2.58. The lowest BCUT2D eigenvalue weighted by molar-refractivity contribution is -0.135. The lowest BCUT2D eigenvalue weighted by Gasteiger charge is -2.06. The topological polar surface area (TPSA) is 92.7 Å². The van der Waals surface area contributed by atoms with E-state index >= 15 is 0 Å². The first-order valence-corrected chi connectivity index (χ1v) is 4.93. The van der Waals surface area contributed by atoms with Crippen molar-refractivity contribution in [2.75, 3.05) is 5.32 Å². The molecular weight excluding hydrogens is 238 g/mol. The quantitative estimate of drug-likeness (QED) is 0.477. The van der Waals surface area contributed by atoms with E-state index in [4.69, 9.17) is 0 Å². The molecule has 6 nitrogen and oxygen atoms in total. The second-order valence-electron chi connectivity index (χ2n) is 3.31. The molecule has 0 saturated carbocycles. The number of benzene rings is 1. The molecular formula is C12H11NO5. The molecule has 0 unspecified atom stereocenters. The molecule has 0 spiro atoms. The number of hydrogen-bond donors (Lipinski definition) is 2. The Morgan fingerprint density at radius 1 is 1.39 bits per heavy atom. The minimum atomic E-state index is -0.957. The number of phenolic OH excluding ortho intramolecular Hbond substituents is 1. The summed E-state index contributed by atoms with van der Waals surface area (Å²) >= 11 is 0. The van der Waals surface area contributed by atoms with E-state index in [1.54, 1.807) is 0 Å². The highest BCUT2D eigenvalue weighted by molar-refractivity contribution is 6.01. The van der Waals surface area contributed by atoms with Crippen molar-refractivity contribution in [3.63, 3.8) is 0 Å². The molecule has 18 heavy (non-hydrogen) atoms. The van der Waals surface area contributed by atoms with Crippen LogP contribution in [0.1, 0.15) is 17.3 Å². The molecule has 1 aromatic carbocycles. The van der Waals surface area contributed by atoms with Crippen LogP contribution in [-0.2, 0) is 14.3 Å². The zero-order valence-corrected chi connectivity index (χ0v) is 9.60. The first-order chi connectivity index (χ1) is 8.43. The van der Waals surface area contributed by atoms with Gasteiger partial charge in [-0.2, -0.15) is 0 Å². The maximum atomic E-state index is 11.4. The Bertz CT molecular complexity index is 521. The number of carbonyl (C=O) groups is 3. The number of anilines is 1. The SMILES string of the molecule is C=CC(=O)Nc1ccc(C(=O)OC(C)=O)c(O)c1. The van der Waals surface area contributed by atoms with E-state index in [1.807, 2.05) is 0 Å². The van der Waals surface area contributed by atoms with Gasteiger partial charge in [0.15, 0.2) is 0 Å². The van der Waals surface area contributed by atoms with Gasteiger partial charge in [-0.1, -0.05) is 6.58 Å². The van der Waals surface area contributed by atoms with Crippen LogP contribution in [0.25, 0.3) is 0 Å². The van der Waals surface area contributed by atoms with Gasteiger partial charge in [0.25, 0.3) is 0 Å². The van der Waals surface area contributed by atoms with Crippen molar-refractivity contribution in [2.45, 2.75) is 6.92 Å². The minimum Gasteiger partial charge on any atom is -0.507 e. The highest BCUT2D eigenvalue weighted by Gasteiger charge is 2.15. The third kappa shape index (κ3) is 3.44. The molecule has 6 heteroatoms. The number of rotatable bonds is 3. The van der Waals surface area contributed by atoms with E-state index in [2.05, 4.69) is 16.6 Å². The third-order valence-corrected chi connectivity index (χ3v) is 1.91. The van der Waals surface area contributed by atoms with Gasteiger partial charge in [0.1, 0.15) is 11.3 Å².